The average molecular weight is 348 g/mol. The van der Waals surface area contributed by atoms with Gasteiger partial charge in [0.15, 0.2) is 0 Å². The number of benzene rings is 2. The standard InChI is InChI=1S/C21H20N2OS/c24-20(22-13-18-14-25-21(23-18)17-11-12-17)19(15-7-3-1-4-8-15)16-9-5-2-6-10-16/h1-10,14,17,19H,11-13H2,(H,22,24). The summed E-state index contributed by atoms with van der Waals surface area (Å²) in [4.78, 5) is 17.6. The van der Waals surface area contributed by atoms with Gasteiger partial charge in [0.05, 0.1) is 23.2 Å². The maximum Gasteiger partial charge on any atom is 0.232 e. The van der Waals surface area contributed by atoms with Crippen molar-refractivity contribution < 1.29 is 4.79 Å². The Balaban J connectivity index is 1.51. The summed E-state index contributed by atoms with van der Waals surface area (Å²) < 4.78 is 0. The summed E-state index contributed by atoms with van der Waals surface area (Å²) in [6.07, 6.45) is 2.51. The van der Waals surface area contributed by atoms with Gasteiger partial charge >= 0.3 is 0 Å². The Morgan fingerprint density at radius 2 is 1.64 bits per heavy atom. The fraction of sp³-hybridized carbons (Fsp3) is 0.238. The van der Waals surface area contributed by atoms with Crippen molar-refractivity contribution in [1.29, 1.82) is 0 Å². The van der Waals surface area contributed by atoms with Crippen LogP contribution in [0.3, 0.4) is 0 Å². The Hall–Kier alpha value is -2.46. The lowest BCUT2D eigenvalue weighted by molar-refractivity contribution is -0.121. The Morgan fingerprint density at radius 3 is 2.20 bits per heavy atom. The van der Waals surface area contributed by atoms with Crippen LogP contribution in [-0.2, 0) is 11.3 Å². The van der Waals surface area contributed by atoms with E-state index in [0.29, 0.717) is 12.5 Å². The quantitative estimate of drug-likeness (QED) is 0.714. The van der Waals surface area contributed by atoms with E-state index >= 15 is 0 Å². The summed E-state index contributed by atoms with van der Waals surface area (Å²) in [6.45, 7) is 0.484. The Morgan fingerprint density at radius 1 is 1.04 bits per heavy atom. The van der Waals surface area contributed by atoms with E-state index < -0.39 is 0 Å². The van der Waals surface area contributed by atoms with Crippen LogP contribution in [0.2, 0.25) is 0 Å². The molecule has 0 bridgehead atoms. The number of hydrogen-bond donors (Lipinski definition) is 1. The smallest absolute Gasteiger partial charge is 0.232 e. The van der Waals surface area contributed by atoms with E-state index in [1.165, 1.54) is 17.8 Å². The third-order valence-electron chi connectivity index (χ3n) is 4.47. The molecule has 0 spiro atoms. The Labute approximate surface area is 151 Å². The molecular weight excluding hydrogens is 328 g/mol. The SMILES string of the molecule is O=C(NCc1csc(C2CC2)n1)C(c1ccccc1)c1ccccc1. The third kappa shape index (κ3) is 3.80. The van der Waals surface area contributed by atoms with E-state index in [4.69, 9.17) is 0 Å². The molecule has 1 amide bonds. The first-order valence-corrected chi connectivity index (χ1v) is 9.51. The van der Waals surface area contributed by atoms with Crippen molar-refractivity contribution in [3.8, 4) is 0 Å². The molecule has 3 nitrogen and oxygen atoms in total. The van der Waals surface area contributed by atoms with Crippen molar-refractivity contribution >= 4 is 17.2 Å². The molecule has 0 aliphatic heterocycles. The van der Waals surface area contributed by atoms with Crippen molar-refractivity contribution in [3.05, 3.63) is 87.9 Å². The highest BCUT2D eigenvalue weighted by Crippen LogP contribution is 2.41. The van der Waals surface area contributed by atoms with Crippen molar-refractivity contribution in [2.45, 2.75) is 31.2 Å². The van der Waals surface area contributed by atoms with Gasteiger partial charge in [-0.25, -0.2) is 4.98 Å². The second kappa shape index (κ2) is 7.19. The highest BCUT2D eigenvalue weighted by molar-refractivity contribution is 7.09. The highest BCUT2D eigenvalue weighted by atomic mass is 32.1. The maximum atomic E-state index is 12.9. The van der Waals surface area contributed by atoms with E-state index in [2.05, 4.69) is 15.7 Å². The van der Waals surface area contributed by atoms with Gasteiger partial charge in [-0.15, -0.1) is 11.3 Å². The van der Waals surface area contributed by atoms with Gasteiger partial charge in [0.25, 0.3) is 0 Å². The molecule has 0 unspecified atom stereocenters. The summed E-state index contributed by atoms with van der Waals surface area (Å²) in [7, 11) is 0. The Kier molecular flexibility index (Phi) is 4.61. The van der Waals surface area contributed by atoms with E-state index in [-0.39, 0.29) is 11.8 Å². The number of carbonyl (C=O) groups excluding carboxylic acids is 1. The number of aromatic nitrogens is 1. The lowest BCUT2D eigenvalue weighted by atomic mass is 9.90. The molecule has 0 saturated heterocycles. The van der Waals surface area contributed by atoms with Gasteiger partial charge in [-0.05, 0) is 24.0 Å². The number of hydrogen-bond acceptors (Lipinski definition) is 3. The molecule has 25 heavy (non-hydrogen) atoms. The van der Waals surface area contributed by atoms with Crippen LogP contribution >= 0.6 is 11.3 Å². The number of nitrogens with one attached hydrogen (secondary N) is 1. The van der Waals surface area contributed by atoms with E-state index in [1.54, 1.807) is 11.3 Å². The van der Waals surface area contributed by atoms with Crippen molar-refractivity contribution in [2.75, 3.05) is 0 Å². The predicted octanol–water partition coefficient (Wildman–Crippen LogP) is 4.47. The van der Waals surface area contributed by atoms with Crippen molar-refractivity contribution in [1.82, 2.24) is 10.3 Å². The first-order valence-electron chi connectivity index (χ1n) is 8.63. The molecule has 1 aromatic heterocycles. The molecule has 1 fully saturated rings. The van der Waals surface area contributed by atoms with Crippen LogP contribution in [0.1, 0.15) is 46.5 Å². The fourth-order valence-corrected chi connectivity index (χ4v) is 3.98. The van der Waals surface area contributed by atoms with Gasteiger partial charge in [-0.3, -0.25) is 4.79 Å². The maximum absolute atomic E-state index is 12.9. The predicted molar refractivity (Wildman–Crippen MR) is 101 cm³/mol. The molecule has 2 aromatic carbocycles. The van der Waals surface area contributed by atoms with Gasteiger partial charge < -0.3 is 5.32 Å². The van der Waals surface area contributed by atoms with Crippen molar-refractivity contribution in [3.63, 3.8) is 0 Å². The van der Waals surface area contributed by atoms with Gasteiger partial charge in [-0.1, -0.05) is 60.7 Å². The second-order valence-electron chi connectivity index (χ2n) is 6.42. The lowest BCUT2D eigenvalue weighted by Gasteiger charge is -2.17. The zero-order valence-electron chi connectivity index (χ0n) is 13.9. The molecule has 4 rings (SSSR count). The summed E-state index contributed by atoms with van der Waals surface area (Å²) in [5.74, 6) is 0.373. The van der Waals surface area contributed by atoms with Gasteiger partial charge in [0.2, 0.25) is 5.91 Å². The van der Waals surface area contributed by atoms with Gasteiger partial charge in [0.1, 0.15) is 0 Å². The minimum Gasteiger partial charge on any atom is -0.350 e. The van der Waals surface area contributed by atoms with E-state index in [9.17, 15) is 4.79 Å². The molecule has 1 saturated carbocycles. The molecule has 1 aliphatic rings. The number of nitrogens with zero attached hydrogens (tertiary/aromatic N) is 1. The number of thiazole rings is 1. The minimum atomic E-state index is -0.302. The van der Waals surface area contributed by atoms with Crippen LogP contribution in [0.15, 0.2) is 66.0 Å². The van der Waals surface area contributed by atoms with E-state index in [1.807, 2.05) is 60.7 Å². The molecule has 126 valence electrons. The minimum absolute atomic E-state index is 0.0124. The molecule has 1 N–H and O–H groups in total. The summed E-state index contributed by atoms with van der Waals surface area (Å²) in [5, 5.41) is 6.35. The second-order valence-corrected chi connectivity index (χ2v) is 7.31. The molecule has 0 radical (unpaired) electrons. The van der Waals surface area contributed by atoms with Crippen LogP contribution in [0.4, 0.5) is 0 Å². The molecule has 3 aromatic rings. The monoisotopic (exact) mass is 348 g/mol. The summed E-state index contributed by atoms with van der Waals surface area (Å²) >= 11 is 1.71. The van der Waals surface area contributed by atoms with Crippen LogP contribution in [-0.4, -0.2) is 10.9 Å². The summed E-state index contributed by atoms with van der Waals surface area (Å²) in [6, 6.07) is 19.9. The Bertz CT molecular complexity index is 801. The number of carbonyl (C=O) groups is 1. The first-order chi connectivity index (χ1) is 12.3. The normalized spacial score (nSPS) is 13.8. The molecule has 0 atom stereocenters. The zero-order chi connectivity index (χ0) is 17.1. The molecular formula is C21H20N2OS. The van der Waals surface area contributed by atoms with Crippen LogP contribution in [0, 0.1) is 0 Å². The highest BCUT2D eigenvalue weighted by Gasteiger charge is 2.27. The molecule has 1 heterocycles. The fourth-order valence-electron chi connectivity index (χ4n) is 2.99. The molecule has 4 heteroatoms. The van der Waals surface area contributed by atoms with Gasteiger partial charge in [-0.2, -0.15) is 0 Å². The number of amides is 1. The first kappa shape index (κ1) is 16.0. The lowest BCUT2D eigenvalue weighted by Crippen LogP contribution is -2.29. The zero-order valence-corrected chi connectivity index (χ0v) is 14.7. The topological polar surface area (TPSA) is 42.0 Å². The summed E-state index contributed by atoms with van der Waals surface area (Å²) in [5.41, 5.74) is 2.96. The average Bonchev–Trinajstić information content (AvgIpc) is 3.40. The number of rotatable bonds is 6. The van der Waals surface area contributed by atoms with E-state index in [0.717, 1.165) is 16.8 Å². The van der Waals surface area contributed by atoms with Crippen molar-refractivity contribution in [2.24, 2.45) is 0 Å². The van der Waals surface area contributed by atoms with Crippen LogP contribution in [0.5, 0.6) is 0 Å². The molecule has 1 aliphatic carbocycles. The van der Waals surface area contributed by atoms with Gasteiger partial charge in [0, 0.05) is 11.3 Å². The largest absolute Gasteiger partial charge is 0.350 e. The third-order valence-corrected chi connectivity index (χ3v) is 5.52. The van der Waals surface area contributed by atoms with Crippen LogP contribution in [0.25, 0.3) is 0 Å². The van der Waals surface area contributed by atoms with Crippen LogP contribution < -0.4 is 5.32 Å².